The standard InChI is InChI=1S/C15H13F4NO2S/c16-12-7-5-11(6-8-12)9-10-20-23(21,22)14-4-2-1-3-13(14)15(17,18)19/h1-8,20H,9-10H2. The highest BCUT2D eigenvalue weighted by Gasteiger charge is 2.36. The van der Waals surface area contributed by atoms with Gasteiger partial charge in [-0.1, -0.05) is 24.3 Å². The summed E-state index contributed by atoms with van der Waals surface area (Å²) < 4.78 is 77.7. The Morgan fingerprint density at radius 2 is 1.57 bits per heavy atom. The van der Waals surface area contributed by atoms with Gasteiger partial charge < -0.3 is 0 Å². The molecule has 0 aliphatic carbocycles. The Morgan fingerprint density at radius 3 is 2.17 bits per heavy atom. The molecule has 1 N–H and O–H groups in total. The van der Waals surface area contributed by atoms with E-state index < -0.39 is 32.5 Å². The molecule has 2 aromatic rings. The molecule has 0 saturated carbocycles. The second kappa shape index (κ2) is 6.67. The monoisotopic (exact) mass is 347 g/mol. The fourth-order valence-corrected chi connectivity index (χ4v) is 3.25. The summed E-state index contributed by atoms with van der Waals surface area (Å²) in [5, 5.41) is 0. The van der Waals surface area contributed by atoms with Crippen molar-refractivity contribution in [2.45, 2.75) is 17.5 Å². The molecule has 2 aromatic carbocycles. The molecule has 0 fully saturated rings. The molecule has 0 unspecified atom stereocenters. The molecule has 23 heavy (non-hydrogen) atoms. The minimum atomic E-state index is -4.76. The van der Waals surface area contributed by atoms with E-state index in [1.165, 1.54) is 30.3 Å². The van der Waals surface area contributed by atoms with Crippen LogP contribution in [0.4, 0.5) is 17.6 Å². The molecule has 0 atom stereocenters. The van der Waals surface area contributed by atoms with E-state index in [2.05, 4.69) is 4.72 Å². The first kappa shape index (κ1) is 17.4. The van der Waals surface area contributed by atoms with Gasteiger partial charge in [-0.2, -0.15) is 13.2 Å². The van der Waals surface area contributed by atoms with E-state index in [0.29, 0.717) is 11.6 Å². The van der Waals surface area contributed by atoms with Crippen LogP contribution in [0.15, 0.2) is 53.4 Å². The van der Waals surface area contributed by atoms with Crippen LogP contribution >= 0.6 is 0 Å². The summed E-state index contributed by atoms with van der Waals surface area (Å²) in [5.41, 5.74) is -0.549. The Labute approximate surface area is 131 Å². The van der Waals surface area contributed by atoms with Crippen LogP contribution < -0.4 is 4.72 Å². The van der Waals surface area contributed by atoms with Crippen molar-refractivity contribution in [3.8, 4) is 0 Å². The largest absolute Gasteiger partial charge is 0.417 e. The topological polar surface area (TPSA) is 46.2 Å². The first-order valence-electron chi connectivity index (χ1n) is 6.60. The van der Waals surface area contributed by atoms with Crippen molar-refractivity contribution in [3.63, 3.8) is 0 Å². The van der Waals surface area contributed by atoms with E-state index in [1.807, 2.05) is 0 Å². The smallest absolute Gasteiger partial charge is 0.211 e. The molecule has 0 spiro atoms. The van der Waals surface area contributed by atoms with Crippen LogP contribution in [0.1, 0.15) is 11.1 Å². The predicted octanol–water partition coefficient (Wildman–Crippen LogP) is 3.37. The van der Waals surface area contributed by atoms with Crippen LogP contribution in [0.2, 0.25) is 0 Å². The van der Waals surface area contributed by atoms with Gasteiger partial charge in [0.25, 0.3) is 0 Å². The Balaban J connectivity index is 2.12. The maximum absolute atomic E-state index is 12.9. The number of sulfonamides is 1. The number of alkyl halides is 3. The SMILES string of the molecule is O=S(=O)(NCCc1ccc(F)cc1)c1ccccc1C(F)(F)F. The highest BCUT2D eigenvalue weighted by atomic mass is 32.2. The Kier molecular flexibility index (Phi) is 5.06. The van der Waals surface area contributed by atoms with Crippen molar-refractivity contribution in [3.05, 3.63) is 65.5 Å². The van der Waals surface area contributed by atoms with Gasteiger partial charge in [-0.05, 0) is 36.2 Å². The first-order chi connectivity index (χ1) is 10.7. The zero-order valence-electron chi connectivity index (χ0n) is 11.8. The van der Waals surface area contributed by atoms with Crippen molar-refractivity contribution in [1.82, 2.24) is 4.72 Å². The number of hydrogen-bond acceptors (Lipinski definition) is 2. The summed E-state index contributed by atoms with van der Waals surface area (Å²) in [7, 11) is -4.30. The fourth-order valence-electron chi connectivity index (χ4n) is 1.99. The fraction of sp³-hybridized carbons (Fsp3) is 0.200. The molecule has 0 aliphatic heterocycles. The van der Waals surface area contributed by atoms with Gasteiger partial charge in [0.15, 0.2) is 0 Å². The molecule has 0 radical (unpaired) electrons. The van der Waals surface area contributed by atoms with Crippen LogP contribution in [-0.4, -0.2) is 15.0 Å². The molecule has 3 nitrogen and oxygen atoms in total. The van der Waals surface area contributed by atoms with Crippen molar-refractivity contribution >= 4 is 10.0 Å². The normalized spacial score (nSPS) is 12.3. The van der Waals surface area contributed by atoms with Gasteiger partial charge in [-0.15, -0.1) is 0 Å². The quantitative estimate of drug-likeness (QED) is 0.843. The van der Waals surface area contributed by atoms with Crippen molar-refractivity contribution in [2.75, 3.05) is 6.54 Å². The lowest BCUT2D eigenvalue weighted by Gasteiger charge is -2.13. The Hall–Kier alpha value is -1.93. The molecule has 8 heteroatoms. The molecule has 0 aromatic heterocycles. The summed E-state index contributed by atoms with van der Waals surface area (Å²) >= 11 is 0. The number of benzene rings is 2. The van der Waals surface area contributed by atoms with Crippen LogP contribution in [0.5, 0.6) is 0 Å². The average molecular weight is 347 g/mol. The Morgan fingerprint density at radius 1 is 0.957 bits per heavy atom. The number of hydrogen-bond donors (Lipinski definition) is 1. The zero-order valence-corrected chi connectivity index (χ0v) is 12.6. The van der Waals surface area contributed by atoms with Gasteiger partial charge >= 0.3 is 6.18 Å². The van der Waals surface area contributed by atoms with E-state index in [9.17, 15) is 26.0 Å². The highest BCUT2D eigenvalue weighted by Crippen LogP contribution is 2.33. The summed E-state index contributed by atoms with van der Waals surface area (Å²) in [5.74, 6) is -0.423. The second-order valence-corrected chi connectivity index (χ2v) is 6.50. The Bertz CT molecular complexity index is 771. The summed E-state index contributed by atoms with van der Waals surface area (Å²) in [6.45, 7) is -0.0971. The van der Waals surface area contributed by atoms with Crippen molar-refractivity contribution < 1.29 is 26.0 Å². The molecule has 2 rings (SSSR count). The summed E-state index contributed by atoms with van der Waals surface area (Å²) in [6.07, 6.45) is -4.53. The highest BCUT2D eigenvalue weighted by molar-refractivity contribution is 7.89. The van der Waals surface area contributed by atoms with E-state index in [0.717, 1.165) is 12.1 Å². The third-order valence-corrected chi connectivity index (χ3v) is 4.62. The molecule has 0 bridgehead atoms. The van der Waals surface area contributed by atoms with Gasteiger partial charge in [-0.3, -0.25) is 0 Å². The third-order valence-electron chi connectivity index (χ3n) is 3.10. The minimum absolute atomic E-state index is 0.0971. The molecule has 0 heterocycles. The number of rotatable bonds is 5. The van der Waals surface area contributed by atoms with Crippen LogP contribution in [-0.2, 0) is 22.6 Å². The number of halogens is 4. The zero-order chi connectivity index (χ0) is 17.1. The van der Waals surface area contributed by atoms with E-state index in [4.69, 9.17) is 0 Å². The van der Waals surface area contributed by atoms with Crippen molar-refractivity contribution in [2.24, 2.45) is 0 Å². The van der Waals surface area contributed by atoms with E-state index in [1.54, 1.807) is 0 Å². The van der Waals surface area contributed by atoms with E-state index in [-0.39, 0.29) is 13.0 Å². The van der Waals surface area contributed by atoms with Gasteiger partial charge in [0.05, 0.1) is 10.5 Å². The molecular weight excluding hydrogens is 334 g/mol. The van der Waals surface area contributed by atoms with Crippen LogP contribution in [0.3, 0.4) is 0 Å². The third kappa shape index (κ3) is 4.52. The molecule has 0 amide bonds. The van der Waals surface area contributed by atoms with Gasteiger partial charge in [0.2, 0.25) is 10.0 Å². The number of nitrogens with one attached hydrogen (secondary N) is 1. The lowest BCUT2D eigenvalue weighted by Crippen LogP contribution is -2.28. The molecular formula is C15H13F4NO2S. The molecule has 0 saturated heterocycles. The van der Waals surface area contributed by atoms with Gasteiger partial charge in [-0.25, -0.2) is 17.5 Å². The van der Waals surface area contributed by atoms with Crippen molar-refractivity contribution in [1.29, 1.82) is 0 Å². The first-order valence-corrected chi connectivity index (χ1v) is 8.09. The van der Waals surface area contributed by atoms with Crippen LogP contribution in [0.25, 0.3) is 0 Å². The predicted molar refractivity (Wildman–Crippen MR) is 76.7 cm³/mol. The lowest BCUT2D eigenvalue weighted by atomic mass is 10.1. The van der Waals surface area contributed by atoms with Gasteiger partial charge in [0, 0.05) is 6.54 Å². The minimum Gasteiger partial charge on any atom is -0.211 e. The maximum atomic E-state index is 12.9. The van der Waals surface area contributed by atoms with Gasteiger partial charge in [0.1, 0.15) is 5.82 Å². The molecule has 0 aliphatic rings. The summed E-state index contributed by atoms with van der Waals surface area (Å²) in [6, 6.07) is 9.38. The maximum Gasteiger partial charge on any atom is 0.417 e. The van der Waals surface area contributed by atoms with Crippen LogP contribution in [0, 0.1) is 5.82 Å². The summed E-state index contributed by atoms with van der Waals surface area (Å²) in [4.78, 5) is -0.813. The van der Waals surface area contributed by atoms with E-state index >= 15 is 0 Å². The lowest BCUT2D eigenvalue weighted by molar-refractivity contribution is -0.139. The molecule has 124 valence electrons. The second-order valence-electron chi connectivity index (χ2n) is 4.77. The average Bonchev–Trinajstić information content (AvgIpc) is 2.48.